The van der Waals surface area contributed by atoms with E-state index in [0.29, 0.717) is 18.6 Å². The molecule has 1 aromatic rings. The van der Waals surface area contributed by atoms with Crippen LogP contribution < -0.4 is 5.73 Å². The summed E-state index contributed by atoms with van der Waals surface area (Å²) in [5, 5.41) is 0. The Bertz CT molecular complexity index is 312. The quantitative estimate of drug-likeness (QED) is 0.759. The third-order valence-electron chi connectivity index (χ3n) is 2.53. The molecule has 0 aliphatic heterocycles. The first-order chi connectivity index (χ1) is 7.08. The van der Waals surface area contributed by atoms with Crippen LogP contribution in [0.4, 0.5) is 4.39 Å². The molecule has 0 spiro atoms. The standard InChI is InChI=1S/C12H18FNO/c1-12(14,8-5-9-15-2)10-6-3-4-7-11(10)13/h3-4,6-7H,5,8-9,14H2,1-2H3. The van der Waals surface area contributed by atoms with Gasteiger partial charge in [0.05, 0.1) is 0 Å². The van der Waals surface area contributed by atoms with Gasteiger partial charge in [-0.15, -0.1) is 0 Å². The van der Waals surface area contributed by atoms with E-state index in [-0.39, 0.29) is 5.82 Å². The van der Waals surface area contributed by atoms with Crippen molar-refractivity contribution in [1.82, 2.24) is 0 Å². The summed E-state index contributed by atoms with van der Waals surface area (Å²) in [6.07, 6.45) is 1.54. The van der Waals surface area contributed by atoms with E-state index >= 15 is 0 Å². The van der Waals surface area contributed by atoms with Gasteiger partial charge in [0.25, 0.3) is 0 Å². The van der Waals surface area contributed by atoms with Gasteiger partial charge >= 0.3 is 0 Å². The summed E-state index contributed by atoms with van der Waals surface area (Å²) in [4.78, 5) is 0. The first kappa shape index (κ1) is 12.1. The van der Waals surface area contributed by atoms with E-state index in [0.717, 1.165) is 6.42 Å². The lowest BCUT2D eigenvalue weighted by Crippen LogP contribution is -2.34. The van der Waals surface area contributed by atoms with Crippen LogP contribution in [-0.2, 0) is 10.3 Å². The summed E-state index contributed by atoms with van der Waals surface area (Å²) >= 11 is 0. The zero-order chi connectivity index (χ0) is 11.3. The Labute approximate surface area is 90.2 Å². The SMILES string of the molecule is COCCCC(C)(N)c1ccccc1F. The summed E-state index contributed by atoms with van der Waals surface area (Å²) in [7, 11) is 1.65. The highest BCUT2D eigenvalue weighted by Crippen LogP contribution is 2.25. The molecule has 3 heteroatoms. The van der Waals surface area contributed by atoms with Crippen LogP contribution in [0.1, 0.15) is 25.3 Å². The maximum absolute atomic E-state index is 13.5. The van der Waals surface area contributed by atoms with E-state index in [1.54, 1.807) is 25.3 Å². The lowest BCUT2D eigenvalue weighted by molar-refractivity contribution is 0.184. The van der Waals surface area contributed by atoms with Crippen molar-refractivity contribution in [2.45, 2.75) is 25.3 Å². The van der Waals surface area contributed by atoms with Crippen LogP contribution in [0.3, 0.4) is 0 Å². The molecule has 0 heterocycles. The van der Waals surface area contributed by atoms with Gasteiger partial charge in [-0.3, -0.25) is 0 Å². The molecule has 2 nitrogen and oxygen atoms in total. The summed E-state index contributed by atoms with van der Waals surface area (Å²) in [6, 6.07) is 6.66. The monoisotopic (exact) mass is 211 g/mol. The fourth-order valence-corrected chi connectivity index (χ4v) is 1.64. The van der Waals surface area contributed by atoms with Gasteiger partial charge in [0.1, 0.15) is 5.82 Å². The van der Waals surface area contributed by atoms with Crippen LogP contribution in [0.2, 0.25) is 0 Å². The van der Waals surface area contributed by atoms with Crippen molar-refractivity contribution < 1.29 is 9.13 Å². The van der Waals surface area contributed by atoms with Gasteiger partial charge in [-0.05, 0) is 25.8 Å². The molecule has 1 unspecified atom stereocenters. The van der Waals surface area contributed by atoms with Crippen molar-refractivity contribution >= 4 is 0 Å². The first-order valence-corrected chi connectivity index (χ1v) is 5.11. The Kier molecular flexibility index (Phi) is 4.24. The van der Waals surface area contributed by atoms with Gasteiger partial charge in [-0.1, -0.05) is 18.2 Å². The van der Waals surface area contributed by atoms with Gasteiger partial charge < -0.3 is 10.5 Å². The molecule has 1 aromatic carbocycles. The van der Waals surface area contributed by atoms with Crippen molar-refractivity contribution in [2.75, 3.05) is 13.7 Å². The predicted octanol–water partition coefficient (Wildman–Crippen LogP) is 2.43. The minimum absolute atomic E-state index is 0.236. The molecule has 0 aromatic heterocycles. The van der Waals surface area contributed by atoms with E-state index in [1.165, 1.54) is 6.07 Å². The molecule has 0 aliphatic carbocycles. The fourth-order valence-electron chi connectivity index (χ4n) is 1.64. The van der Waals surface area contributed by atoms with Crippen molar-refractivity contribution in [3.05, 3.63) is 35.6 Å². The summed E-state index contributed by atoms with van der Waals surface area (Å²) in [5.41, 5.74) is 6.03. The van der Waals surface area contributed by atoms with Crippen molar-refractivity contribution in [3.63, 3.8) is 0 Å². The number of nitrogens with two attached hydrogens (primary N) is 1. The van der Waals surface area contributed by atoms with Crippen molar-refractivity contribution in [1.29, 1.82) is 0 Å². The molecular weight excluding hydrogens is 193 g/mol. The second-order valence-electron chi connectivity index (χ2n) is 3.99. The largest absolute Gasteiger partial charge is 0.385 e. The van der Waals surface area contributed by atoms with E-state index in [2.05, 4.69) is 0 Å². The second kappa shape index (κ2) is 5.24. The normalized spacial score (nSPS) is 14.9. The molecule has 2 N–H and O–H groups in total. The smallest absolute Gasteiger partial charge is 0.128 e. The number of methoxy groups -OCH3 is 1. The number of rotatable bonds is 5. The molecule has 0 aliphatic rings. The molecule has 1 atom stereocenters. The average molecular weight is 211 g/mol. The van der Waals surface area contributed by atoms with Gasteiger partial charge in [-0.25, -0.2) is 4.39 Å². The molecule has 0 bridgehead atoms. The van der Waals surface area contributed by atoms with Crippen molar-refractivity contribution in [2.24, 2.45) is 5.73 Å². The van der Waals surface area contributed by atoms with Crippen molar-refractivity contribution in [3.8, 4) is 0 Å². The molecule has 84 valence electrons. The molecular formula is C12H18FNO. The number of benzene rings is 1. The van der Waals surface area contributed by atoms with E-state index in [1.807, 2.05) is 6.92 Å². The van der Waals surface area contributed by atoms with Crippen LogP contribution in [0.15, 0.2) is 24.3 Å². The predicted molar refractivity (Wildman–Crippen MR) is 59.0 cm³/mol. The van der Waals surface area contributed by atoms with E-state index in [4.69, 9.17) is 10.5 Å². The molecule has 0 saturated carbocycles. The number of ether oxygens (including phenoxy) is 1. The zero-order valence-electron chi connectivity index (χ0n) is 9.29. The Morgan fingerprint density at radius 2 is 2.07 bits per heavy atom. The molecule has 0 amide bonds. The zero-order valence-corrected chi connectivity index (χ0v) is 9.29. The average Bonchev–Trinajstić information content (AvgIpc) is 2.18. The second-order valence-corrected chi connectivity index (χ2v) is 3.99. The maximum Gasteiger partial charge on any atom is 0.128 e. The van der Waals surface area contributed by atoms with Gasteiger partial charge in [-0.2, -0.15) is 0 Å². The van der Waals surface area contributed by atoms with Gasteiger partial charge in [0.2, 0.25) is 0 Å². The maximum atomic E-state index is 13.5. The minimum Gasteiger partial charge on any atom is -0.385 e. The lowest BCUT2D eigenvalue weighted by atomic mass is 9.88. The van der Waals surface area contributed by atoms with Crippen LogP contribution in [0.5, 0.6) is 0 Å². The Balaban J connectivity index is 2.72. The number of hydrogen-bond donors (Lipinski definition) is 1. The van der Waals surface area contributed by atoms with Crippen LogP contribution in [0, 0.1) is 5.82 Å². The molecule has 0 fully saturated rings. The topological polar surface area (TPSA) is 35.2 Å². The highest BCUT2D eigenvalue weighted by atomic mass is 19.1. The molecule has 1 rings (SSSR count). The Hall–Kier alpha value is -0.930. The molecule has 0 radical (unpaired) electrons. The highest BCUT2D eigenvalue weighted by molar-refractivity contribution is 5.24. The summed E-state index contributed by atoms with van der Waals surface area (Å²) in [6.45, 7) is 2.50. The molecule has 0 saturated heterocycles. The third kappa shape index (κ3) is 3.29. The van der Waals surface area contributed by atoms with Gasteiger partial charge in [0, 0.05) is 24.8 Å². The van der Waals surface area contributed by atoms with Crippen LogP contribution in [0.25, 0.3) is 0 Å². The fraction of sp³-hybridized carbons (Fsp3) is 0.500. The highest BCUT2D eigenvalue weighted by Gasteiger charge is 2.23. The number of halogens is 1. The first-order valence-electron chi connectivity index (χ1n) is 5.11. The third-order valence-corrected chi connectivity index (χ3v) is 2.53. The van der Waals surface area contributed by atoms with E-state index in [9.17, 15) is 4.39 Å². The Morgan fingerprint density at radius 3 is 2.67 bits per heavy atom. The minimum atomic E-state index is -0.621. The van der Waals surface area contributed by atoms with E-state index < -0.39 is 5.54 Å². The van der Waals surface area contributed by atoms with Gasteiger partial charge in [0.15, 0.2) is 0 Å². The summed E-state index contributed by atoms with van der Waals surface area (Å²) in [5.74, 6) is -0.236. The van der Waals surface area contributed by atoms with Crippen LogP contribution in [-0.4, -0.2) is 13.7 Å². The molecule has 15 heavy (non-hydrogen) atoms. The summed E-state index contributed by atoms with van der Waals surface area (Å²) < 4.78 is 18.4. The number of hydrogen-bond acceptors (Lipinski definition) is 2. The van der Waals surface area contributed by atoms with Crippen LogP contribution >= 0.6 is 0 Å². The Morgan fingerprint density at radius 1 is 1.40 bits per heavy atom. The lowest BCUT2D eigenvalue weighted by Gasteiger charge is -2.25.